The Morgan fingerprint density at radius 3 is 2.10 bits per heavy atom. The van der Waals surface area contributed by atoms with E-state index in [2.05, 4.69) is 4.72 Å². The van der Waals surface area contributed by atoms with Gasteiger partial charge >= 0.3 is 6.18 Å². The molecular formula is C21H23F3N2O3S. The Hall–Kier alpha value is -2.39. The summed E-state index contributed by atoms with van der Waals surface area (Å²) in [5, 5.41) is 0. The molecule has 1 saturated heterocycles. The topological polar surface area (TPSA) is 66.5 Å². The van der Waals surface area contributed by atoms with E-state index in [-0.39, 0.29) is 22.4 Å². The first kappa shape index (κ1) is 22.3. The van der Waals surface area contributed by atoms with Crippen LogP contribution >= 0.6 is 0 Å². The maximum atomic E-state index is 12.7. The van der Waals surface area contributed by atoms with Gasteiger partial charge in [0.1, 0.15) is 0 Å². The fourth-order valence-electron chi connectivity index (χ4n) is 3.38. The maximum Gasteiger partial charge on any atom is 0.416 e. The van der Waals surface area contributed by atoms with Gasteiger partial charge in [-0.3, -0.25) is 4.79 Å². The average molecular weight is 440 g/mol. The van der Waals surface area contributed by atoms with E-state index in [1.165, 1.54) is 17.0 Å². The van der Waals surface area contributed by atoms with E-state index in [9.17, 15) is 26.4 Å². The van der Waals surface area contributed by atoms with Crippen molar-refractivity contribution in [2.45, 2.75) is 43.3 Å². The summed E-state index contributed by atoms with van der Waals surface area (Å²) in [5.74, 6) is -0.361. The van der Waals surface area contributed by atoms with Crippen molar-refractivity contribution >= 4 is 15.9 Å². The Labute approximate surface area is 173 Å². The van der Waals surface area contributed by atoms with Gasteiger partial charge in [-0.25, -0.2) is 13.1 Å². The summed E-state index contributed by atoms with van der Waals surface area (Å²) in [4.78, 5) is 14.3. The second-order valence-electron chi connectivity index (χ2n) is 7.26. The number of piperidine rings is 1. The molecule has 0 atom stereocenters. The lowest BCUT2D eigenvalue weighted by Gasteiger charge is -2.32. The minimum Gasteiger partial charge on any atom is -0.339 e. The number of nitrogens with one attached hydrogen (secondary N) is 1. The molecule has 1 fully saturated rings. The molecule has 5 nitrogen and oxygen atoms in total. The lowest BCUT2D eigenvalue weighted by molar-refractivity contribution is -0.137. The first-order valence-electron chi connectivity index (χ1n) is 9.68. The van der Waals surface area contributed by atoms with Gasteiger partial charge in [0, 0.05) is 24.7 Å². The molecule has 30 heavy (non-hydrogen) atoms. The number of nitrogens with zero attached hydrogens (tertiary/aromatic N) is 1. The predicted octanol–water partition coefficient (Wildman–Crippen LogP) is 3.85. The van der Waals surface area contributed by atoms with Gasteiger partial charge in [-0.2, -0.15) is 13.2 Å². The number of carbonyl (C=O) groups excluding carboxylic acids is 1. The second-order valence-corrected chi connectivity index (χ2v) is 8.97. The molecule has 3 rings (SSSR count). The van der Waals surface area contributed by atoms with E-state index in [0.717, 1.165) is 24.1 Å². The number of carbonyl (C=O) groups is 1. The van der Waals surface area contributed by atoms with Crippen molar-refractivity contribution in [3.05, 3.63) is 65.2 Å². The smallest absolute Gasteiger partial charge is 0.339 e. The van der Waals surface area contributed by atoms with Crippen LogP contribution in [0.5, 0.6) is 0 Å². The Morgan fingerprint density at radius 2 is 1.60 bits per heavy atom. The van der Waals surface area contributed by atoms with E-state index < -0.39 is 21.8 Å². The Kier molecular flexibility index (Phi) is 6.52. The van der Waals surface area contributed by atoms with Crippen LogP contribution in [-0.2, 0) is 22.6 Å². The van der Waals surface area contributed by atoms with E-state index in [1.807, 2.05) is 6.92 Å². The number of halogens is 3. The second kappa shape index (κ2) is 8.77. The molecule has 1 aliphatic heterocycles. The lowest BCUT2D eigenvalue weighted by atomic mass is 10.0. The third kappa shape index (κ3) is 5.20. The number of benzene rings is 2. The zero-order valence-electron chi connectivity index (χ0n) is 16.4. The lowest BCUT2D eigenvalue weighted by Crippen LogP contribution is -2.46. The van der Waals surface area contributed by atoms with Crippen LogP contribution in [0.1, 0.15) is 41.3 Å². The number of hydrogen-bond donors (Lipinski definition) is 1. The predicted molar refractivity (Wildman–Crippen MR) is 107 cm³/mol. The molecule has 0 spiro atoms. The third-order valence-corrected chi connectivity index (χ3v) is 6.74. The largest absolute Gasteiger partial charge is 0.416 e. The normalized spacial score (nSPS) is 15.9. The molecule has 162 valence electrons. The summed E-state index contributed by atoms with van der Waals surface area (Å²) < 4.78 is 65.8. The first-order valence-corrected chi connectivity index (χ1v) is 11.2. The zero-order chi connectivity index (χ0) is 21.9. The third-order valence-electron chi connectivity index (χ3n) is 5.21. The molecule has 1 aliphatic rings. The fourth-order valence-corrected chi connectivity index (χ4v) is 4.68. The summed E-state index contributed by atoms with van der Waals surface area (Å²) in [6, 6.07) is 10.5. The molecule has 0 aliphatic carbocycles. The number of rotatable bonds is 5. The van der Waals surface area contributed by atoms with Crippen molar-refractivity contribution in [1.82, 2.24) is 9.62 Å². The molecule has 2 aromatic rings. The summed E-state index contributed by atoms with van der Waals surface area (Å²) in [6.07, 6.45) is -2.77. The van der Waals surface area contributed by atoms with Crippen LogP contribution in [0.4, 0.5) is 13.2 Å². The quantitative estimate of drug-likeness (QED) is 0.768. The highest BCUT2D eigenvalue weighted by Gasteiger charge is 2.31. The molecule has 9 heteroatoms. The average Bonchev–Trinajstić information content (AvgIpc) is 2.73. The van der Waals surface area contributed by atoms with E-state index >= 15 is 0 Å². The molecular weight excluding hydrogens is 417 g/mol. The molecule has 0 radical (unpaired) electrons. The number of amides is 1. The van der Waals surface area contributed by atoms with Gasteiger partial charge in [-0.05, 0) is 61.2 Å². The van der Waals surface area contributed by atoms with Crippen molar-refractivity contribution in [3.8, 4) is 0 Å². The standard InChI is InChI=1S/C21H23F3N2O3S/c1-2-15-3-9-19(10-4-15)30(28,29)25-18-11-13-26(14-12-18)20(27)16-5-7-17(8-6-16)21(22,23)24/h3-10,18,25H,2,11-14H2,1H3. The molecule has 1 N–H and O–H groups in total. The van der Waals surface area contributed by atoms with Crippen molar-refractivity contribution in [1.29, 1.82) is 0 Å². The highest BCUT2D eigenvalue weighted by molar-refractivity contribution is 7.89. The highest BCUT2D eigenvalue weighted by Crippen LogP contribution is 2.29. The number of alkyl halides is 3. The van der Waals surface area contributed by atoms with Crippen molar-refractivity contribution in [2.75, 3.05) is 13.1 Å². The summed E-state index contributed by atoms with van der Waals surface area (Å²) in [6.45, 7) is 2.63. The molecule has 1 heterocycles. The van der Waals surface area contributed by atoms with Gasteiger partial charge in [-0.1, -0.05) is 19.1 Å². The number of likely N-dealkylation sites (tertiary alicyclic amines) is 1. The molecule has 0 unspecified atom stereocenters. The van der Waals surface area contributed by atoms with E-state index in [4.69, 9.17) is 0 Å². The summed E-state index contributed by atoms with van der Waals surface area (Å²) >= 11 is 0. The van der Waals surface area contributed by atoms with Gasteiger partial charge < -0.3 is 4.90 Å². The van der Waals surface area contributed by atoms with E-state index in [0.29, 0.717) is 25.9 Å². The van der Waals surface area contributed by atoms with Crippen molar-refractivity contribution in [2.24, 2.45) is 0 Å². The van der Waals surface area contributed by atoms with Crippen LogP contribution in [0.25, 0.3) is 0 Å². The minimum absolute atomic E-state index is 0.179. The van der Waals surface area contributed by atoms with Crippen molar-refractivity contribution < 1.29 is 26.4 Å². The van der Waals surface area contributed by atoms with Gasteiger partial charge in [0.2, 0.25) is 10.0 Å². The van der Waals surface area contributed by atoms with Gasteiger partial charge in [0.15, 0.2) is 0 Å². The monoisotopic (exact) mass is 440 g/mol. The van der Waals surface area contributed by atoms with Crippen LogP contribution in [-0.4, -0.2) is 38.4 Å². The Balaban J connectivity index is 1.58. The van der Waals surface area contributed by atoms with Crippen LogP contribution in [0.15, 0.2) is 53.4 Å². The number of sulfonamides is 1. The van der Waals surface area contributed by atoms with E-state index in [1.54, 1.807) is 24.3 Å². The molecule has 0 aromatic heterocycles. The molecule has 0 bridgehead atoms. The summed E-state index contributed by atoms with van der Waals surface area (Å²) in [5.41, 5.74) is 0.418. The van der Waals surface area contributed by atoms with Gasteiger partial charge in [-0.15, -0.1) is 0 Å². The van der Waals surface area contributed by atoms with Crippen LogP contribution < -0.4 is 4.72 Å². The Morgan fingerprint density at radius 1 is 1.03 bits per heavy atom. The number of aryl methyl sites for hydroxylation is 1. The fraction of sp³-hybridized carbons (Fsp3) is 0.381. The van der Waals surface area contributed by atoms with Crippen LogP contribution in [0.3, 0.4) is 0 Å². The SMILES string of the molecule is CCc1ccc(S(=O)(=O)NC2CCN(C(=O)c3ccc(C(F)(F)F)cc3)CC2)cc1. The maximum absolute atomic E-state index is 12.7. The number of hydrogen-bond acceptors (Lipinski definition) is 3. The summed E-state index contributed by atoms with van der Waals surface area (Å²) in [7, 11) is -3.65. The molecule has 0 saturated carbocycles. The zero-order valence-corrected chi connectivity index (χ0v) is 17.3. The van der Waals surface area contributed by atoms with Crippen LogP contribution in [0, 0.1) is 0 Å². The van der Waals surface area contributed by atoms with Gasteiger partial charge in [0.05, 0.1) is 10.5 Å². The molecule has 1 amide bonds. The first-order chi connectivity index (χ1) is 14.1. The van der Waals surface area contributed by atoms with Crippen LogP contribution in [0.2, 0.25) is 0 Å². The minimum atomic E-state index is -4.45. The van der Waals surface area contributed by atoms with Crippen molar-refractivity contribution in [3.63, 3.8) is 0 Å². The highest BCUT2D eigenvalue weighted by atomic mass is 32.2. The molecule has 2 aromatic carbocycles. The Bertz CT molecular complexity index is 980. The van der Waals surface area contributed by atoms with Gasteiger partial charge in [0.25, 0.3) is 5.91 Å².